The van der Waals surface area contributed by atoms with Gasteiger partial charge in [0.1, 0.15) is 18.3 Å². The van der Waals surface area contributed by atoms with Crippen molar-refractivity contribution in [2.24, 2.45) is 11.8 Å². The van der Waals surface area contributed by atoms with Gasteiger partial charge in [0.2, 0.25) is 0 Å². The first-order valence-corrected chi connectivity index (χ1v) is 10.5. The maximum atomic E-state index is 13.6. The molecule has 1 saturated carbocycles. The van der Waals surface area contributed by atoms with E-state index in [-0.39, 0.29) is 6.42 Å². The summed E-state index contributed by atoms with van der Waals surface area (Å²) in [7, 11) is 0. The number of amides is 2. The van der Waals surface area contributed by atoms with Crippen molar-refractivity contribution in [3.05, 3.63) is 29.3 Å². The lowest BCUT2D eigenvalue weighted by Crippen LogP contribution is -2.72. The van der Waals surface area contributed by atoms with Crippen molar-refractivity contribution >= 4 is 23.9 Å². The highest BCUT2D eigenvalue weighted by Crippen LogP contribution is 2.38. The van der Waals surface area contributed by atoms with E-state index in [2.05, 4.69) is 0 Å². The van der Waals surface area contributed by atoms with E-state index in [1.54, 1.807) is 18.2 Å². The topological polar surface area (TPSA) is 140 Å². The van der Waals surface area contributed by atoms with Crippen molar-refractivity contribution in [3.8, 4) is 0 Å². The number of aliphatic hydroxyl groups excluding tert-OH is 1. The number of carbonyl (C=O) groups is 2. The van der Waals surface area contributed by atoms with E-state index >= 15 is 0 Å². The molecular formula is C21H27F3N4O4. The van der Waals surface area contributed by atoms with Gasteiger partial charge in [-0.05, 0) is 36.8 Å². The van der Waals surface area contributed by atoms with Crippen molar-refractivity contribution in [1.82, 2.24) is 10.2 Å². The molecular weight excluding hydrogens is 429 g/mol. The number of hydrogen-bond acceptors (Lipinski definition) is 5. The highest BCUT2D eigenvalue weighted by atomic mass is 19.4. The maximum absolute atomic E-state index is 13.6. The van der Waals surface area contributed by atoms with E-state index in [0.717, 1.165) is 12.6 Å². The van der Waals surface area contributed by atoms with Crippen molar-refractivity contribution in [2.45, 2.75) is 63.0 Å². The van der Waals surface area contributed by atoms with E-state index in [9.17, 15) is 33.0 Å². The molecule has 32 heavy (non-hydrogen) atoms. The summed E-state index contributed by atoms with van der Waals surface area (Å²) in [5, 5.41) is 29.6. The molecule has 0 aromatic heterocycles. The molecule has 2 amide bonds. The summed E-state index contributed by atoms with van der Waals surface area (Å²) < 4.78 is 40.9. The molecule has 4 atom stereocenters. The van der Waals surface area contributed by atoms with Gasteiger partial charge in [0.15, 0.2) is 0 Å². The van der Waals surface area contributed by atoms with E-state index in [1.165, 1.54) is 0 Å². The molecule has 1 heterocycles. The van der Waals surface area contributed by atoms with Gasteiger partial charge in [-0.2, -0.15) is 13.2 Å². The van der Waals surface area contributed by atoms with Crippen LogP contribution in [0.25, 0.3) is 0 Å². The molecule has 0 bridgehead atoms. The lowest BCUT2D eigenvalue weighted by molar-refractivity contribution is -0.185. The number of hydrogen-bond donors (Lipinski definition) is 5. The van der Waals surface area contributed by atoms with Crippen LogP contribution in [-0.2, 0) is 11.2 Å². The lowest BCUT2D eigenvalue weighted by Gasteiger charge is -2.50. The second-order valence-electron chi connectivity index (χ2n) is 8.40. The Hall–Kier alpha value is -2.82. The molecule has 1 unspecified atom stereocenters. The van der Waals surface area contributed by atoms with Crippen molar-refractivity contribution < 1.29 is 33.0 Å². The Bertz CT molecular complexity index is 873. The van der Waals surface area contributed by atoms with Gasteiger partial charge in [-0.15, -0.1) is 0 Å². The monoisotopic (exact) mass is 456 g/mol. The van der Waals surface area contributed by atoms with Gasteiger partial charge in [0.25, 0.3) is 0 Å². The number of nitrogen functional groups attached to an aromatic ring is 1. The number of carboxylic acid groups (broad SMARTS) is 1. The van der Waals surface area contributed by atoms with Crippen LogP contribution in [0.1, 0.15) is 43.2 Å². The number of aliphatic hydroxyl groups is 1. The van der Waals surface area contributed by atoms with E-state index < -0.39 is 48.3 Å². The van der Waals surface area contributed by atoms with Crippen LogP contribution in [0.4, 0.5) is 23.7 Å². The van der Waals surface area contributed by atoms with Gasteiger partial charge >= 0.3 is 18.2 Å². The summed E-state index contributed by atoms with van der Waals surface area (Å²) in [5.41, 5.74) is 6.99. The quantitative estimate of drug-likeness (QED) is 0.331. The Balaban J connectivity index is 1.77. The number of nitrogens with zero attached hydrogens (tertiary/aromatic N) is 1. The third-order valence-electron chi connectivity index (χ3n) is 6.44. The lowest BCUT2D eigenvalue weighted by atomic mass is 9.80. The van der Waals surface area contributed by atoms with E-state index in [0.29, 0.717) is 47.4 Å². The smallest absolute Gasteiger partial charge is 0.408 e. The molecule has 11 heteroatoms. The Labute approximate surface area is 183 Å². The number of carbonyl (C=O) groups excluding carboxylic acids is 1. The molecule has 2 aliphatic rings. The van der Waals surface area contributed by atoms with Crippen LogP contribution < -0.4 is 11.1 Å². The van der Waals surface area contributed by atoms with Gasteiger partial charge in [0, 0.05) is 23.4 Å². The number of anilines is 1. The van der Waals surface area contributed by atoms with E-state index in [1.807, 2.05) is 5.32 Å². The van der Waals surface area contributed by atoms with Crippen LogP contribution in [0, 0.1) is 17.2 Å². The largest absolute Gasteiger partial charge is 0.480 e. The predicted molar refractivity (Wildman–Crippen MR) is 110 cm³/mol. The minimum Gasteiger partial charge on any atom is -0.480 e. The molecule has 2 fully saturated rings. The first-order valence-electron chi connectivity index (χ1n) is 10.5. The maximum Gasteiger partial charge on any atom is 0.408 e. The van der Waals surface area contributed by atoms with Crippen LogP contribution in [0.15, 0.2) is 18.2 Å². The van der Waals surface area contributed by atoms with Crippen LogP contribution in [-0.4, -0.2) is 57.8 Å². The Morgan fingerprint density at radius 3 is 2.50 bits per heavy atom. The molecule has 6 N–H and O–H groups in total. The van der Waals surface area contributed by atoms with Crippen molar-refractivity contribution in [1.29, 1.82) is 5.41 Å². The number of nitrogens with one attached hydrogen (secondary N) is 2. The van der Waals surface area contributed by atoms with Crippen molar-refractivity contribution in [3.63, 3.8) is 0 Å². The second-order valence-corrected chi connectivity index (χ2v) is 8.40. The molecule has 0 spiro atoms. The predicted octanol–water partition coefficient (Wildman–Crippen LogP) is 2.73. The SMILES string of the molecule is N=Cc1c(N)cccc1C[C@H]1C(O)N(C(=O)N[C@@H](C2CCCCC2)C(F)(F)F)[C@@H]1C(=O)O. The average molecular weight is 456 g/mol. The summed E-state index contributed by atoms with van der Waals surface area (Å²) >= 11 is 0. The number of nitrogens with two attached hydrogens (primary N) is 1. The summed E-state index contributed by atoms with van der Waals surface area (Å²) in [6.07, 6.45) is -2.53. The van der Waals surface area contributed by atoms with Crippen LogP contribution >= 0.6 is 0 Å². The van der Waals surface area contributed by atoms with Gasteiger partial charge in [-0.25, -0.2) is 9.59 Å². The highest BCUT2D eigenvalue weighted by molar-refractivity contribution is 5.88. The number of carboxylic acids is 1. The van der Waals surface area contributed by atoms with Gasteiger partial charge in [-0.3, -0.25) is 4.90 Å². The zero-order chi connectivity index (χ0) is 23.6. The number of aliphatic carboxylic acids is 1. The van der Waals surface area contributed by atoms with Gasteiger partial charge in [-0.1, -0.05) is 31.4 Å². The number of rotatable bonds is 6. The summed E-state index contributed by atoms with van der Waals surface area (Å²) in [4.78, 5) is 25.0. The average Bonchev–Trinajstić information content (AvgIpc) is 2.73. The Kier molecular flexibility index (Phi) is 6.97. The third-order valence-corrected chi connectivity index (χ3v) is 6.44. The van der Waals surface area contributed by atoms with Crippen molar-refractivity contribution in [2.75, 3.05) is 5.73 Å². The molecule has 8 nitrogen and oxygen atoms in total. The third kappa shape index (κ3) is 4.67. The number of benzene rings is 1. The Morgan fingerprint density at radius 1 is 1.28 bits per heavy atom. The molecule has 1 aromatic rings. The molecule has 1 aliphatic heterocycles. The molecule has 0 radical (unpaired) electrons. The van der Waals surface area contributed by atoms with Crippen LogP contribution in [0.3, 0.4) is 0 Å². The van der Waals surface area contributed by atoms with Gasteiger partial charge < -0.3 is 26.7 Å². The van der Waals surface area contributed by atoms with E-state index in [4.69, 9.17) is 11.1 Å². The molecule has 1 aliphatic carbocycles. The van der Waals surface area contributed by atoms with Crippen LogP contribution in [0.2, 0.25) is 0 Å². The molecule has 3 rings (SSSR count). The fourth-order valence-corrected chi connectivity index (χ4v) is 4.79. The molecule has 176 valence electrons. The zero-order valence-corrected chi connectivity index (χ0v) is 17.3. The number of halogens is 3. The Morgan fingerprint density at radius 2 is 1.94 bits per heavy atom. The zero-order valence-electron chi connectivity index (χ0n) is 17.3. The minimum absolute atomic E-state index is 0.0109. The second kappa shape index (κ2) is 9.35. The van der Waals surface area contributed by atoms with Gasteiger partial charge in [0.05, 0.1) is 0 Å². The van der Waals surface area contributed by atoms with Crippen LogP contribution in [0.5, 0.6) is 0 Å². The fourth-order valence-electron chi connectivity index (χ4n) is 4.79. The molecule has 1 aromatic carbocycles. The standard InChI is InChI=1S/C21H27F3N4O4/c22-21(23,24)17(11-5-2-1-3-6-11)27-20(32)28-16(19(30)31)13(18(28)29)9-12-7-4-8-15(26)14(12)10-25/h4,7-8,10-11,13,16-18,25,29H,1-3,5-6,9,26H2,(H,27,32)(H,30,31)/t13-,16+,17+,18?/m1/s1. The number of urea groups is 1. The molecule has 1 saturated heterocycles. The number of alkyl halides is 3. The number of likely N-dealkylation sites (tertiary alicyclic amines) is 1. The fraction of sp³-hybridized carbons (Fsp3) is 0.571. The highest BCUT2D eigenvalue weighted by Gasteiger charge is 2.56. The summed E-state index contributed by atoms with van der Waals surface area (Å²) in [6.45, 7) is 0. The summed E-state index contributed by atoms with van der Waals surface area (Å²) in [5.74, 6) is -3.18. The minimum atomic E-state index is -4.69. The summed E-state index contributed by atoms with van der Waals surface area (Å²) in [6, 6.07) is -0.0685. The first kappa shape index (κ1) is 23.8. The first-order chi connectivity index (χ1) is 15.1. The normalized spacial score (nSPS) is 25.0.